The number of aryl methyl sites for hydroxylation is 2. The zero-order valence-corrected chi connectivity index (χ0v) is 9.00. The number of hydrogen-bond acceptors (Lipinski definition) is 2. The van der Waals surface area contributed by atoms with Gasteiger partial charge in [0, 0.05) is 12.2 Å². The second kappa shape index (κ2) is 4.47. The van der Waals surface area contributed by atoms with Gasteiger partial charge in [-0.05, 0) is 25.3 Å². The molecule has 16 heavy (non-hydrogen) atoms. The molecule has 1 N–H and O–H groups in total. The van der Waals surface area contributed by atoms with Crippen LogP contribution >= 0.6 is 0 Å². The van der Waals surface area contributed by atoms with E-state index >= 15 is 0 Å². The Bertz CT molecular complexity index is 401. The normalized spacial score (nSPS) is 14.3. The number of carbonyl (C=O) groups excluding carboxylic acids is 1. The molecule has 0 unspecified atom stereocenters. The van der Waals surface area contributed by atoms with Crippen LogP contribution in [0.15, 0.2) is 18.5 Å². The summed E-state index contributed by atoms with van der Waals surface area (Å²) in [5.41, 5.74) is 1.96. The molecule has 1 aromatic rings. The lowest BCUT2D eigenvalue weighted by Crippen LogP contribution is -2.23. The van der Waals surface area contributed by atoms with Crippen molar-refractivity contribution in [3.8, 4) is 0 Å². The summed E-state index contributed by atoms with van der Waals surface area (Å²) >= 11 is 0. The standard InChI is InChI=1S/C11H14FN3O/c1-8(12)11(16)13-7-9-6-10-4-2-3-5-15(10)14-9/h6H,1-5,7H2,(H,13,16). The second-order valence-electron chi connectivity index (χ2n) is 3.89. The molecule has 2 heterocycles. The highest BCUT2D eigenvalue weighted by Gasteiger charge is 2.12. The average molecular weight is 223 g/mol. The van der Waals surface area contributed by atoms with Gasteiger partial charge in [-0.15, -0.1) is 0 Å². The molecular formula is C11H14FN3O. The first-order valence-corrected chi connectivity index (χ1v) is 5.35. The molecule has 1 aliphatic rings. The van der Waals surface area contributed by atoms with Crippen LogP contribution < -0.4 is 5.32 Å². The monoisotopic (exact) mass is 223 g/mol. The molecule has 4 nitrogen and oxygen atoms in total. The van der Waals surface area contributed by atoms with Gasteiger partial charge in [0.2, 0.25) is 0 Å². The van der Waals surface area contributed by atoms with E-state index in [1.165, 1.54) is 12.1 Å². The fourth-order valence-electron chi connectivity index (χ4n) is 1.83. The van der Waals surface area contributed by atoms with Crippen LogP contribution in [0.2, 0.25) is 0 Å². The van der Waals surface area contributed by atoms with Gasteiger partial charge in [-0.3, -0.25) is 9.48 Å². The van der Waals surface area contributed by atoms with E-state index in [1.807, 2.05) is 10.7 Å². The Hall–Kier alpha value is -1.65. The molecule has 86 valence electrons. The van der Waals surface area contributed by atoms with Gasteiger partial charge in [-0.2, -0.15) is 5.10 Å². The molecule has 5 heteroatoms. The first kappa shape index (κ1) is 10.9. The summed E-state index contributed by atoms with van der Waals surface area (Å²) in [6, 6.07) is 1.96. The zero-order chi connectivity index (χ0) is 11.5. The van der Waals surface area contributed by atoms with Crippen molar-refractivity contribution in [2.75, 3.05) is 0 Å². The number of fused-ring (bicyclic) bond motifs is 1. The number of aromatic nitrogens is 2. The first-order chi connectivity index (χ1) is 7.66. The number of halogens is 1. The Morgan fingerprint density at radius 3 is 3.12 bits per heavy atom. The number of nitrogens with zero attached hydrogens (tertiary/aromatic N) is 2. The van der Waals surface area contributed by atoms with Crippen LogP contribution in [0.5, 0.6) is 0 Å². The highest BCUT2D eigenvalue weighted by atomic mass is 19.1. The van der Waals surface area contributed by atoms with Crippen molar-refractivity contribution in [1.82, 2.24) is 15.1 Å². The summed E-state index contributed by atoms with van der Waals surface area (Å²) in [6.45, 7) is 4.11. The van der Waals surface area contributed by atoms with Crippen LogP contribution in [-0.4, -0.2) is 15.7 Å². The molecular weight excluding hydrogens is 209 g/mol. The van der Waals surface area contributed by atoms with Crippen LogP contribution in [0.4, 0.5) is 4.39 Å². The molecule has 0 aliphatic carbocycles. The predicted octanol–water partition coefficient (Wildman–Crippen LogP) is 1.32. The van der Waals surface area contributed by atoms with Gasteiger partial charge in [-0.25, -0.2) is 4.39 Å². The van der Waals surface area contributed by atoms with Crippen LogP contribution in [0.3, 0.4) is 0 Å². The highest BCUT2D eigenvalue weighted by molar-refractivity contribution is 5.90. The Labute approximate surface area is 93.1 Å². The minimum absolute atomic E-state index is 0.252. The molecule has 0 saturated heterocycles. The second-order valence-corrected chi connectivity index (χ2v) is 3.89. The van der Waals surface area contributed by atoms with Crippen molar-refractivity contribution in [3.63, 3.8) is 0 Å². The van der Waals surface area contributed by atoms with Gasteiger partial charge in [0.1, 0.15) is 0 Å². The molecule has 1 amide bonds. The van der Waals surface area contributed by atoms with Crippen molar-refractivity contribution in [1.29, 1.82) is 0 Å². The van der Waals surface area contributed by atoms with Crippen LogP contribution in [0.1, 0.15) is 24.2 Å². The van der Waals surface area contributed by atoms with Crippen LogP contribution in [0.25, 0.3) is 0 Å². The lowest BCUT2D eigenvalue weighted by atomic mass is 10.1. The predicted molar refractivity (Wildman–Crippen MR) is 57.3 cm³/mol. The van der Waals surface area contributed by atoms with Gasteiger partial charge in [0.15, 0.2) is 5.83 Å². The Morgan fingerprint density at radius 1 is 1.62 bits per heavy atom. The van der Waals surface area contributed by atoms with Gasteiger partial charge in [0.25, 0.3) is 5.91 Å². The summed E-state index contributed by atoms with van der Waals surface area (Å²) in [7, 11) is 0. The molecule has 0 fully saturated rings. The van der Waals surface area contributed by atoms with Crippen molar-refractivity contribution in [2.45, 2.75) is 32.4 Å². The Kier molecular flexibility index (Phi) is 3.03. The van der Waals surface area contributed by atoms with Crippen molar-refractivity contribution in [3.05, 3.63) is 29.9 Å². The number of amides is 1. The van der Waals surface area contributed by atoms with Crippen LogP contribution in [0, 0.1) is 0 Å². The summed E-state index contributed by atoms with van der Waals surface area (Å²) in [4.78, 5) is 10.9. The lowest BCUT2D eigenvalue weighted by molar-refractivity contribution is -0.119. The van der Waals surface area contributed by atoms with Gasteiger partial charge < -0.3 is 5.32 Å². The van der Waals surface area contributed by atoms with E-state index in [4.69, 9.17) is 0 Å². The smallest absolute Gasteiger partial charge is 0.279 e. The van der Waals surface area contributed by atoms with E-state index in [2.05, 4.69) is 17.0 Å². The molecule has 0 atom stereocenters. The molecule has 0 bridgehead atoms. The molecule has 1 aliphatic heterocycles. The summed E-state index contributed by atoms with van der Waals surface area (Å²) < 4.78 is 14.3. The maximum Gasteiger partial charge on any atom is 0.279 e. The third kappa shape index (κ3) is 2.29. The number of hydrogen-bond donors (Lipinski definition) is 1. The molecule has 0 saturated carbocycles. The quantitative estimate of drug-likeness (QED) is 0.785. The molecule has 0 radical (unpaired) electrons. The van der Waals surface area contributed by atoms with Crippen molar-refractivity contribution < 1.29 is 9.18 Å². The maximum absolute atomic E-state index is 12.4. The SMILES string of the molecule is C=C(F)C(=O)NCc1cc2n(n1)CCCC2. The third-order valence-corrected chi connectivity index (χ3v) is 2.64. The average Bonchev–Trinajstić information content (AvgIpc) is 2.68. The number of carbonyl (C=O) groups is 1. The van der Waals surface area contributed by atoms with Gasteiger partial charge in [0.05, 0.1) is 12.2 Å². The van der Waals surface area contributed by atoms with E-state index < -0.39 is 11.7 Å². The molecule has 1 aromatic heterocycles. The molecule has 0 aromatic carbocycles. The van der Waals surface area contributed by atoms with E-state index in [1.54, 1.807) is 0 Å². The lowest BCUT2D eigenvalue weighted by Gasteiger charge is -2.11. The topological polar surface area (TPSA) is 46.9 Å². The van der Waals surface area contributed by atoms with E-state index in [0.717, 1.165) is 25.1 Å². The van der Waals surface area contributed by atoms with Crippen LogP contribution in [-0.2, 0) is 24.3 Å². The summed E-state index contributed by atoms with van der Waals surface area (Å²) in [5, 5.41) is 6.75. The largest absolute Gasteiger partial charge is 0.344 e. The van der Waals surface area contributed by atoms with E-state index in [0.29, 0.717) is 0 Å². The third-order valence-electron chi connectivity index (χ3n) is 2.64. The summed E-state index contributed by atoms with van der Waals surface area (Å²) in [6.07, 6.45) is 3.34. The number of nitrogens with one attached hydrogen (secondary N) is 1. The Morgan fingerprint density at radius 2 is 2.44 bits per heavy atom. The molecule has 2 rings (SSSR count). The summed E-state index contributed by atoms with van der Waals surface area (Å²) in [5.74, 6) is -1.74. The van der Waals surface area contributed by atoms with Gasteiger partial charge in [-0.1, -0.05) is 6.58 Å². The van der Waals surface area contributed by atoms with E-state index in [-0.39, 0.29) is 6.54 Å². The van der Waals surface area contributed by atoms with Crippen molar-refractivity contribution >= 4 is 5.91 Å². The molecule has 0 spiro atoms. The Balaban J connectivity index is 1.97. The fourth-order valence-corrected chi connectivity index (χ4v) is 1.83. The number of rotatable bonds is 3. The van der Waals surface area contributed by atoms with Gasteiger partial charge >= 0.3 is 0 Å². The fraction of sp³-hybridized carbons (Fsp3) is 0.455. The maximum atomic E-state index is 12.4. The minimum atomic E-state index is -0.969. The zero-order valence-electron chi connectivity index (χ0n) is 9.00. The highest BCUT2D eigenvalue weighted by Crippen LogP contribution is 2.15. The van der Waals surface area contributed by atoms with E-state index in [9.17, 15) is 9.18 Å². The first-order valence-electron chi connectivity index (χ1n) is 5.35. The van der Waals surface area contributed by atoms with Crippen molar-refractivity contribution in [2.24, 2.45) is 0 Å². The minimum Gasteiger partial charge on any atom is -0.344 e.